The fourth-order valence-corrected chi connectivity index (χ4v) is 7.36. The van der Waals surface area contributed by atoms with Gasteiger partial charge in [-0.25, -0.2) is 8.42 Å². The molecule has 0 heterocycles. The standard InChI is InChI=1S/C18H31NO3S/c1-4-18(5-2,23(3,21)22)12-19-16(20)17-9-13-6-14(10-17)8-15(7-13)11-17/h13-15H,4-12H2,1-3H3,(H,19,20). The third-order valence-corrected chi connectivity index (χ3v) is 9.46. The third-order valence-electron chi connectivity index (χ3n) is 7.17. The smallest absolute Gasteiger partial charge is 0.226 e. The lowest BCUT2D eigenvalue weighted by Gasteiger charge is -2.55. The van der Waals surface area contributed by atoms with Gasteiger partial charge in [-0.2, -0.15) is 0 Å². The summed E-state index contributed by atoms with van der Waals surface area (Å²) < 4.78 is 23.6. The lowest BCUT2D eigenvalue weighted by atomic mass is 9.49. The van der Waals surface area contributed by atoms with E-state index in [1.807, 2.05) is 13.8 Å². The maximum Gasteiger partial charge on any atom is 0.226 e. The first-order chi connectivity index (χ1) is 10.7. The van der Waals surface area contributed by atoms with Gasteiger partial charge in [0.15, 0.2) is 9.84 Å². The van der Waals surface area contributed by atoms with Gasteiger partial charge in [0, 0.05) is 18.2 Å². The summed E-state index contributed by atoms with van der Waals surface area (Å²) in [5.74, 6) is 2.31. The zero-order chi connectivity index (χ0) is 16.9. The van der Waals surface area contributed by atoms with Crippen molar-refractivity contribution < 1.29 is 13.2 Å². The Labute approximate surface area is 140 Å². The normalized spacial score (nSPS) is 36.2. The topological polar surface area (TPSA) is 63.2 Å². The number of nitrogens with one attached hydrogen (secondary N) is 1. The molecule has 4 rings (SSSR count). The Kier molecular flexibility index (Phi) is 4.31. The van der Waals surface area contributed by atoms with E-state index in [4.69, 9.17) is 0 Å². The minimum absolute atomic E-state index is 0.131. The Balaban J connectivity index is 1.72. The van der Waals surface area contributed by atoms with Crippen LogP contribution in [-0.2, 0) is 14.6 Å². The second-order valence-corrected chi connectivity index (χ2v) is 11.0. The Morgan fingerprint density at radius 1 is 1.04 bits per heavy atom. The molecule has 23 heavy (non-hydrogen) atoms. The third kappa shape index (κ3) is 2.83. The molecule has 0 spiro atoms. The molecule has 0 atom stereocenters. The molecule has 0 saturated heterocycles. The van der Waals surface area contributed by atoms with Crippen molar-refractivity contribution in [2.24, 2.45) is 23.2 Å². The molecule has 0 aromatic rings. The summed E-state index contributed by atoms with van der Waals surface area (Å²) in [4.78, 5) is 13.0. The molecule has 1 N–H and O–H groups in total. The predicted molar refractivity (Wildman–Crippen MR) is 91.8 cm³/mol. The average molecular weight is 342 g/mol. The van der Waals surface area contributed by atoms with Crippen LogP contribution in [0, 0.1) is 23.2 Å². The molecule has 0 radical (unpaired) electrons. The van der Waals surface area contributed by atoms with Crippen molar-refractivity contribution in [3.05, 3.63) is 0 Å². The summed E-state index contributed by atoms with van der Waals surface area (Å²) in [5, 5.41) is 3.07. The van der Waals surface area contributed by atoms with Gasteiger partial charge in [-0.15, -0.1) is 0 Å². The maximum absolute atomic E-state index is 13.0. The zero-order valence-corrected chi connectivity index (χ0v) is 15.5. The lowest BCUT2D eigenvalue weighted by Crippen LogP contribution is -2.56. The van der Waals surface area contributed by atoms with Gasteiger partial charge in [-0.1, -0.05) is 13.8 Å². The summed E-state index contributed by atoms with van der Waals surface area (Å²) in [6, 6.07) is 0. The number of rotatable bonds is 6. The van der Waals surface area contributed by atoms with Crippen LogP contribution >= 0.6 is 0 Å². The molecular formula is C18H31NO3S. The number of hydrogen-bond acceptors (Lipinski definition) is 3. The molecule has 0 aliphatic heterocycles. The molecule has 4 nitrogen and oxygen atoms in total. The van der Waals surface area contributed by atoms with Gasteiger partial charge in [-0.05, 0) is 69.1 Å². The summed E-state index contributed by atoms with van der Waals surface area (Å²) in [7, 11) is -3.19. The van der Waals surface area contributed by atoms with E-state index < -0.39 is 14.6 Å². The Morgan fingerprint density at radius 3 is 1.83 bits per heavy atom. The number of amides is 1. The van der Waals surface area contributed by atoms with Crippen molar-refractivity contribution in [2.75, 3.05) is 12.8 Å². The van der Waals surface area contributed by atoms with Crippen LogP contribution in [0.1, 0.15) is 65.2 Å². The highest BCUT2D eigenvalue weighted by atomic mass is 32.2. The van der Waals surface area contributed by atoms with Crippen molar-refractivity contribution in [1.29, 1.82) is 0 Å². The van der Waals surface area contributed by atoms with Gasteiger partial charge in [0.25, 0.3) is 0 Å². The highest BCUT2D eigenvalue weighted by Gasteiger charge is 2.54. The first-order valence-corrected chi connectivity index (χ1v) is 11.1. The van der Waals surface area contributed by atoms with E-state index in [9.17, 15) is 13.2 Å². The second kappa shape index (κ2) is 5.75. The number of sulfone groups is 1. The van der Waals surface area contributed by atoms with E-state index in [1.54, 1.807) is 0 Å². The fourth-order valence-electron chi connectivity index (χ4n) is 5.97. The van der Waals surface area contributed by atoms with E-state index in [2.05, 4.69) is 5.32 Å². The molecule has 0 aromatic carbocycles. The molecule has 4 bridgehead atoms. The van der Waals surface area contributed by atoms with Crippen LogP contribution in [0.25, 0.3) is 0 Å². The van der Waals surface area contributed by atoms with Gasteiger partial charge in [0.1, 0.15) is 0 Å². The van der Waals surface area contributed by atoms with E-state index in [0.717, 1.165) is 37.0 Å². The van der Waals surface area contributed by atoms with Gasteiger partial charge >= 0.3 is 0 Å². The van der Waals surface area contributed by atoms with Crippen LogP contribution in [0.2, 0.25) is 0 Å². The molecule has 4 aliphatic carbocycles. The molecule has 4 fully saturated rings. The van der Waals surface area contributed by atoms with Crippen molar-refractivity contribution in [2.45, 2.75) is 70.0 Å². The molecule has 4 aliphatic rings. The van der Waals surface area contributed by atoms with Crippen LogP contribution in [0.15, 0.2) is 0 Å². The Morgan fingerprint density at radius 2 is 1.48 bits per heavy atom. The summed E-state index contributed by atoms with van der Waals surface area (Å²) in [5.41, 5.74) is -0.195. The van der Waals surface area contributed by atoms with Gasteiger partial charge < -0.3 is 5.32 Å². The first kappa shape index (κ1) is 17.2. The maximum atomic E-state index is 13.0. The summed E-state index contributed by atoms with van der Waals surface area (Å²) in [6.45, 7) is 4.07. The monoisotopic (exact) mass is 341 g/mol. The van der Waals surface area contributed by atoms with E-state index in [1.165, 1.54) is 25.5 Å². The number of carbonyl (C=O) groups excluding carboxylic acids is 1. The van der Waals surface area contributed by atoms with E-state index in [-0.39, 0.29) is 17.9 Å². The SMILES string of the molecule is CCC(CC)(CNC(=O)C12CC3CC(CC(C3)C1)C2)S(C)(=O)=O. The molecular weight excluding hydrogens is 310 g/mol. The van der Waals surface area contributed by atoms with Gasteiger partial charge in [0.2, 0.25) is 5.91 Å². The number of hydrogen-bond donors (Lipinski definition) is 1. The Hall–Kier alpha value is -0.580. The molecule has 0 aromatic heterocycles. The molecule has 1 amide bonds. The Bertz CT molecular complexity index is 542. The van der Waals surface area contributed by atoms with Crippen molar-refractivity contribution in [3.63, 3.8) is 0 Å². The van der Waals surface area contributed by atoms with E-state index >= 15 is 0 Å². The van der Waals surface area contributed by atoms with Crippen LogP contribution in [0.4, 0.5) is 0 Å². The van der Waals surface area contributed by atoms with Gasteiger partial charge in [-0.3, -0.25) is 4.79 Å². The summed E-state index contributed by atoms with van der Waals surface area (Å²) >= 11 is 0. The van der Waals surface area contributed by atoms with Crippen LogP contribution in [-0.4, -0.2) is 31.9 Å². The highest BCUT2D eigenvalue weighted by Crippen LogP contribution is 2.60. The lowest BCUT2D eigenvalue weighted by molar-refractivity contribution is -0.146. The molecule has 132 valence electrons. The van der Waals surface area contributed by atoms with Crippen molar-refractivity contribution in [3.8, 4) is 0 Å². The molecule has 5 heteroatoms. The minimum atomic E-state index is -3.19. The van der Waals surface area contributed by atoms with Gasteiger partial charge in [0.05, 0.1) is 4.75 Å². The predicted octanol–water partition coefficient (Wildman–Crippen LogP) is 2.92. The second-order valence-electron chi connectivity index (χ2n) is 8.54. The minimum Gasteiger partial charge on any atom is -0.354 e. The van der Waals surface area contributed by atoms with E-state index in [0.29, 0.717) is 12.8 Å². The summed E-state index contributed by atoms with van der Waals surface area (Å²) in [6.07, 6.45) is 9.39. The quantitative estimate of drug-likeness (QED) is 0.808. The van der Waals surface area contributed by atoms with Crippen LogP contribution in [0.3, 0.4) is 0 Å². The van der Waals surface area contributed by atoms with Crippen LogP contribution in [0.5, 0.6) is 0 Å². The fraction of sp³-hybridized carbons (Fsp3) is 0.944. The first-order valence-electron chi connectivity index (χ1n) is 9.21. The molecule has 0 unspecified atom stereocenters. The largest absolute Gasteiger partial charge is 0.354 e. The zero-order valence-electron chi connectivity index (χ0n) is 14.7. The highest BCUT2D eigenvalue weighted by molar-refractivity contribution is 7.92. The van der Waals surface area contributed by atoms with Crippen LogP contribution < -0.4 is 5.32 Å². The molecule has 4 saturated carbocycles. The van der Waals surface area contributed by atoms with Crippen molar-refractivity contribution >= 4 is 15.7 Å². The number of carbonyl (C=O) groups is 1. The average Bonchev–Trinajstić information content (AvgIpc) is 2.45. The van der Waals surface area contributed by atoms with Crippen molar-refractivity contribution in [1.82, 2.24) is 5.32 Å².